The summed E-state index contributed by atoms with van der Waals surface area (Å²) >= 11 is 0. The summed E-state index contributed by atoms with van der Waals surface area (Å²) in [5.41, 5.74) is 6.85. The topological polar surface area (TPSA) is 155 Å². The third-order valence-corrected chi connectivity index (χ3v) is 10.6. The maximum atomic E-state index is 11.9. The Hall–Kier alpha value is -8.69. The molecule has 10 aromatic rings. The minimum atomic E-state index is -1.07. The van der Waals surface area contributed by atoms with Crippen molar-refractivity contribution in [2.75, 3.05) is 0 Å². The molecule has 10 rings (SSSR count). The van der Waals surface area contributed by atoms with Crippen LogP contribution >= 0.6 is 0 Å². The van der Waals surface area contributed by atoms with E-state index < -0.39 is 11.9 Å². The smallest absolute Gasteiger partial charge is 0.337 e. The van der Waals surface area contributed by atoms with Crippen LogP contribution in [0.5, 0.6) is 5.88 Å². The summed E-state index contributed by atoms with van der Waals surface area (Å²) in [5.74, 6) is -2.16. The van der Waals surface area contributed by atoms with Crippen molar-refractivity contribution in [3.63, 3.8) is 0 Å². The van der Waals surface area contributed by atoms with Gasteiger partial charge in [0, 0.05) is 52.7 Å². The molecule has 0 spiro atoms. The van der Waals surface area contributed by atoms with E-state index in [9.17, 15) is 24.9 Å². The van der Waals surface area contributed by atoms with Crippen LogP contribution in [0.3, 0.4) is 0 Å². The van der Waals surface area contributed by atoms with Crippen molar-refractivity contribution in [2.24, 2.45) is 9.98 Å². The number of aromatic carboxylic acids is 2. The van der Waals surface area contributed by atoms with Crippen LogP contribution in [0.1, 0.15) is 31.8 Å². The van der Waals surface area contributed by atoms with Crippen LogP contribution in [0, 0.1) is 0 Å². The van der Waals surface area contributed by atoms with E-state index >= 15 is 0 Å². The van der Waals surface area contributed by atoms with Gasteiger partial charge < -0.3 is 15.3 Å². The molecule has 0 radical (unpaired) electrons. The van der Waals surface area contributed by atoms with Gasteiger partial charge in [0.25, 0.3) is 0 Å². The van der Waals surface area contributed by atoms with Crippen LogP contribution in [-0.2, 0) is 17.4 Å². The van der Waals surface area contributed by atoms with Gasteiger partial charge in [-0.2, -0.15) is 10.2 Å². The molecule has 0 aliphatic rings. The number of aliphatic imine (C=N–C) groups is 2. The number of fused-ring (bicyclic) bond motifs is 2. The maximum absolute atomic E-state index is 11.9. The number of para-hydroxylation sites is 2. The molecule has 0 saturated carbocycles. The summed E-state index contributed by atoms with van der Waals surface area (Å²) in [5, 5.41) is 43.4. The van der Waals surface area contributed by atoms with Crippen LogP contribution in [0.15, 0.2) is 210 Å². The molecule has 0 saturated heterocycles. The molecule has 66 heavy (non-hydrogen) atoms. The van der Waals surface area contributed by atoms with E-state index in [1.165, 1.54) is 10.9 Å². The molecule has 0 amide bonds. The number of carboxylic acids is 2. The molecular weight excluding hydrogens is 865 g/mol. The van der Waals surface area contributed by atoms with Gasteiger partial charge in [-0.05, 0) is 70.1 Å². The van der Waals surface area contributed by atoms with Crippen LogP contribution in [0.2, 0.25) is 0 Å². The summed E-state index contributed by atoms with van der Waals surface area (Å²) in [6, 6.07) is 60.4. The first kappa shape index (κ1) is 43.9. The number of hydrogen-bond donors (Lipinski definition) is 3. The summed E-state index contributed by atoms with van der Waals surface area (Å²) < 4.78 is 3.25. The first-order valence-corrected chi connectivity index (χ1v) is 20.5. The van der Waals surface area contributed by atoms with E-state index in [0.717, 1.165) is 49.6 Å². The molecule has 0 fully saturated rings. The van der Waals surface area contributed by atoms with Gasteiger partial charge in [0.1, 0.15) is 11.4 Å². The number of carbonyl (C=O) groups is 2. The summed E-state index contributed by atoms with van der Waals surface area (Å²) in [6.07, 6.45) is 5.06. The second kappa shape index (κ2) is 19.8. The first-order chi connectivity index (χ1) is 31.8. The van der Waals surface area contributed by atoms with E-state index in [1.54, 1.807) is 30.5 Å². The van der Waals surface area contributed by atoms with Gasteiger partial charge in [-0.1, -0.05) is 146 Å². The number of nitrogens with zero attached hydrogens (tertiary/aromatic N) is 6. The molecule has 0 atom stereocenters. The second-order valence-electron chi connectivity index (χ2n) is 14.8. The average molecular weight is 903 g/mol. The van der Waals surface area contributed by atoms with E-state index in [-0.39, 0.29) is 34.4 Å². The fourth-order valence-corrected chi connectivity index (χ4v) is 7.40. The van der Waals surface area contributed by atoms with Crippen LogP contribution in [-0.4, -0.2) is 59.2 Å². The Morgan fingerprint density at radius 2 is 0.894 bits per heavy atom. The SMILES string of the molecule is O=C(O)c1cc2ccccc2cc1N=Cc1c(-c2ccccc2)nn(-c2ccccc2)c1O.O=C(O)c1cc2ccccc2cc1N=Cc1cn(-c2ccccc2)nc1-c1ccccc1.[Cr]. The van der Waals surface area contributed by atoms with Gasteiger partial charge in [0.05, 0.1) is 39.4 Å². The number of aromatic hydroxyl groups is 1. The minimum Gasteiger partial charge on any atom is -0.493 e. The van der Waals surface area contributed by atoms with Crippen molar-refractivity contribution >= 4 is 57.3 Å². The molecule has 320 valence electrons. The molecule has 3 N–H and O–H groups in total. The van der Waals surface area contributed by atoms with Gasteiger partial charge in [-0.15, -0.1) is 0 Å². The van der Waals surface area contributed by atoms with Crippen molar-refractivity contribution in [1.82, 2.24) is 19.6 Å². The Morgan fingerprint density at radius 3 is 1.38 bits per heavy atom. The summed E-state index contributed by atoms with van der Waals surface area (Å²) in [6.45, 7) is 0. The van der Waals surface area contributed by atoms with Crippen molar-refractivity contribution in [3.8, 4) is 39.8 Å². The standard InChI is InChI=1S/C27H19N3O3.C27H19N3O2.Cr/c31-26-23(17-28-24-16-20-12-8-7-11-19(20)15-22(24)27(32)33)25(18-9-3-1-4-10-18)29-30(26)21-13-5-2-6-14-21;31-27(32)24-15-20-11-7-8-12-21(20)16-25(24)28-17-22-18-30(23-13-5-2-6-14-23)29-26(22)19-9-3-1-4-10-19;/h1-17,31H,(H,32,33);1-18H,(H,31,32);. The van der Waals surface area contributed by atoms with Crippen molar-refractivity contribution in [2.45, 2.75) is 0 Å². The first-order valence-electron chi connectivity index (χ1n) is 20.5. The van der Waals surface area contributed by atoms with Crippen molar-refractivity contribution < 1.29 is 42.3 Å². The zero-order valence-electron chi connectivity index (χ0n) is 35.0. The Morgan fingerprint density at radius 1 is 0.485 bits per heavy atom. The molecule has 11 nitrogen and oxygen atoms in total. The zero-order valence-corrected chi connectivity index (χ0v) is 36.2. The molecular formula is C54H38CrN6O5. The third kappa shape index (κ3) is 9.46. The zero-order chi connectivity index (χ0) is 44.7. The Bertz CT molecular complexity index is 3390. The average Bonchev–Trinajstić information content (AvgIpc) is 3.94. The Labute approximate surface area is 389 Å². The number of aromatic nitrogens is 4. The molecule has 2 heterocycles. The van der Waals surface area contributed by atoms with Gasteiger partial charge in [-0.25, -0.2) is 19.0 Å². The molecule has 0 unspecified atom stereocenters. The Balaban J connectivity index is 0.000000177. The van der Waals surface area contributed by atoms with Gasteiger partial charge in [0.15, 0.2) is 0 Å². The fraction of sp³-hybridized carbons (Fsp3) is 0. The summed E-state index contributed by atoms with van der Waals surface area (Å²) in [4.78, 5) is 32.8. The molecule has 0 aliphatic carbocycles. The Kier molecular flexibility index (Phi) is 13.2. The van der Waals surface area contributed by atoms with Crippen LogP contribution in [0.4, 0.5) is 11.4 Å². The van der Waals surface area contributed by atoms with E-state index in [2.05, 4.69) is 15.1 Å². The van der Waals surface area contributed by atoms with Gasteiger partial charge in [-0.3, -0.25) is 9.98 Å². The number of rotatable bonds is 10. The number of carboxylic acid groups (broad SMARTS) is 2. The van der Waals surface area contributed by atoms with Crippen molar-refractivity contribution in [3.05, 3.63) is 223 Å². The van der Waals surface area contributed by atoms with Crippen LogP contribution < -0.4 is 0 Å². The minimum absolute atomic E-state index is 0. The quantitative estimate of drug-likeness (QED) is 0.115. The number of benzene rings is 8. The monoisotopic (exact) mass is 902 g/mol. The van der Waals surface area contributed by atoms with Crippen molar-refractivity contribution in [1.29, 1.82) is 0 Å². The van der Waals surface area contributed by atoms with Crippen LogP contribution in [0.25, 0.3) is 55.4 Å². The van der Waals surface area contributed by atoms with E-state index in [0.29, 0.717) is 28.3 Å². The largest absolute Gasteiger partial charge is 0.493 e. The predicted molar refractivity (Wildman–Crippen MR) is 256 cm³/mol. The molecule has 12 heteroatoms. The number of hydrogen-bond acceptors (Lipinski definition) is 7. The van der Waals surface area contributed by atoms with E-state index in [1.807, 2.05) is 181 Å². The fourth-order valence-electron chi connectivity index (χ4n) is 7.40. The third-order valence-electron chi connectivity index (χ3n) is 10.6. The van der Waals surface area contributed by atoms with E-state index in [4.69, 9.17) is 5.10 Å². The second-order valence-corrected chi connectivity index (χ2v) is 14.8. The summed E-state index contributed by atoms with van der Waals surface area (Å²) in [7, 11) is 0. The molecule has 8 aromatic carbocycles. The molecule has 0 bridgehead atoms. The van der Waals surface area contributed by atoms with Gasteiger partial charge in [0.2, 0.25) is 5.88 Å². The predicted octanol–water partition coefficient (Wildman–Crippen LogP) is 12.0. The molecule has 0 aliphatic heterocycles. The van der Waals surface area contributed by atoms with Gasteiger partial charge >= 0.3 is 11.9 Å². The normalized spacial score (nSPS) is 11.1. The molecule has 2 aromatic heterocycles. The maximum Gasteiger partial charge on any atom is 0.337 e.